The molecule has 0 saturated heterocycles. The van der Waals surface area contributed by atoms with E-state index in [1.165, 1.54) is 0 Å². The van der Waals surface area contributed by atoms with Crippen molar-refractivity contribution in [1.29, 1.82) is 0 Å². The first-order valence-electron chi connectivity index (χ1n) is 9.67. The Bertz CT molecular complexity index is 1570. The lowest BCUT2D eigenvalue weighted by molar-refractivity contribution is -0.643. The van der Waals surface area contributed by atoms with Crippen LogP contribution in [-0.2, 0) is 7.05 Å². The molecule has 0 N–H and O–H groups in total. The summed E-state index contributed by atoms with van der Waals surface area (Å²) in [7, 11) is 2.05. The predicted octanol–water partition coefficient (Wildman–Crippen LogP) is 5.98. The monoisotopic (exact) mass is 371 g/mol. The number of rotatable bonds is 1. The van der Waals surface area contributed by atoms with Crippen LogP contribution in [0, 0.1) is 12.7 Å². The average Bonchev–Trinajstić information content (AvgIpc) is 3.20. The number of aryl methyl sites for hydroxylation is 2. The van der Waals surface area contributed by atoms with E-state index in [4.69, 9.17) is 4.42 Å². The summed E-state index contributed by atoms with van der Waals surface area (Å²) >= 11 is 0. The van der Waals surface area contributed by atoms with Gasteiger partial charge in [0.05, 0.1) is 16.4 Å². The van der Waals surface area contributed by atoms with Crippen LogP contribution < -0.4 is 4.57 Å². The van der Waals surface area contributed by atoms with Crippen LogP contribution >= 0.6 is 0 Å². The molecule has 2 aromatic carbocycles. The number of benzene rings is 2. The average molecular weight is 371 g/mol. The van der Waals surface area contributed by atoms with Crippen molar-refractivity contribution in [2.45, 2.75) is 26.7 Å². The molecule has 0 aliphatic carbocycles. The topological polar surface area (TPSA) is 21.4 Å². The molecule has 4 heteroatoms. The van der Waals surface area contributed by atoms with Crippen LogP contribution in [0.15, 0.2) is 47.0 Å². The Morgan fingerprint density at radius 1 is 1.04 bits per heavy atom. The lowest BCUT2D eigenvalue weighted by atomic mass is 10.0. The van der Waals surface area contributed by atoms with Crippen LogP contribution in [0.1, 0.15) is 31.1 Å². The van der Waals surface area contributed by atoms with Crippen molar-refractivity contribution >= 4 is 49.2 Å². The zero-order chi connectivity index (χ0) is 19.3. The molecule has 0 amide bonds. The Kier molecular flexibility index (Phi) is 2.84. The highest BCUT2D eigenvalue weighted by atomic mass is 19.1. The van der Waals surface area contributed by atoms with Crippen LogP contribution in [0.4, 0.5) is 4.39 Å². The standard InChI is InChI=1S/C24H20FN2O/c1-12(2)24-23-20-17(28-24)9-10-26(4)21(20)18-13(3)11-15(25)19-14-7-5-6-8-16(14)27(23)22(18)19/h5-12H,1-4H3/q+1. The number of para-hydroxylation sites is 1. The third-order valence-corrected chi connectivity index (χ3v) is 6.05. The number of fused-ring (bicyclic) bond motifs is 5. The normalized spacial score (nSPS) is 12.8. The quantitative estimate of drug-likeness (QED) is 0.257. The van der Waals surface area contributed by atoms with Gasteiger partial charge in [0.25, 0.3) is 0 Å². The Morgan fingerprint density at radius 3 is 2.61 bits per heavy atom. The third-order valence-electron chi connectivity index (χ3n) is 6.05. The smallest absolute Gasteiger partial charge is 0.228 e. The van der Waals surface area contributed by atoms with Gasteiger partial charge >= 0.3 is 0 Å². The van der Waals surface area contributed by atoms with Crippen molar-refractivity contribution in [2.24, 2.45) is 7.05 Å². The molecule has 3 nitrogen and oxygen atoms in total. The van der Waals surface area contributed by atoms with E-state index in [0.717, 1.165) is 55.1 Å². The van der Waals surface area contributed by atoms with Gasteiger partial charge in [-0.15, -0.1) is 0 Å². The fourth-order valence-electron chi connectivity index (χ4n) is 4.92. The first-order valence-corrected chi connectivity index (χ1v) is 9.67. The highest BCUT2D eigenvalue weighted by Crippen LogP contribution is 2.44. The first kappa shape index (κ1) is 15.9. The van der Waals surface area contributed by atoms with Gasteiger partial charge in [-0.3, -0.25) is 0 Å². The molecule has 4 heterocycles. The fourth-order valence-corrected chi connectivity index (χ4v) is 4.92. The van der Waals surface area contributed by atoms with E-state index < -0.39 is 0 Å². The number of halogens is 1. The maximum Gasteiger partial charge on any atom is 0.228 e. The maximum atomic E-state index is 15.2. The molecule has 0 spiro atoms. The Labute approximate surface area is 160 Å². The molecule has 4 aromatic heterocycles. The minimum Gasteiger partial charge on any atom is -0.458 e. The highest BCUT2D eigenvalue weighted by molar-refractivity contribution is 6.25. The van der Waals surface area contributed by atoms with Crippen molar-refractivity contribution in [1.82, 2.24) is 4.40 Å². The molecule has 6 aromatic rings. The number of aromatic nitrogens is 2. The molecule has 0 unspecified atom stereocenters. The molecule has 28 heavy (non-hydrogen) atoms. The molecule has 0 aliphatic rings. The SMILES string of the molecule is Cc1cc(F)c2c3ccccc3n3c4c(C(C)C)oc5cc[n+](C)c(c1c23)c54. The molecule has 6 rings (SSSR count). The van der Waals surface area contributed by atoms with Gasteiger partial charge in [-0.25, -0.2) is 8.96 Å². The van der Waals surface area contributed by atoms with Crippen molar-refractivity contribution < 1.29 is 13.4 Å². The molecular weight excluding hydrogens is 351 g/mol. The van der Waals surface area contributed by atoms with Gasteiger partial charge in [-0.05, 0) is 24.6 Å². The fraction of sp³-hybridized carbons (Fsp3) is 0.208. The minimum absolute atomic E-state index is 0.168. The lowest BCUT2D eigenvalue weighted by Gasteiger charge is -2.10. The van der Waals surface area contributed by atoms with E-state index in [9.17, 15) is 0 Å². The van der Waals surface area contributed by atoms with E-state index in [1.54, 1.807) is 6.07 Å². The van der Waals surface area contributed by atoms with Crippen LogP contribution in [0.3, 0.4) is 0 Å². The summed E-state index contributed by atoms with van der Waals surface area (Å²) < 4.78 is 25.9. The molecule has 138 valence electrons. The maximum absolute atomic E-state index is 15.2. The second kappa shape index (κ2) is 5.02. The van der Waals surface area contributed by atoms with Crippen molar-refractivity contribution in [3.8, 4) is 0 Å². The predicted molar refractivity (Wildman–Crippen MR) is 111 cm³/mol. The number of nitrogens with zero attached hydrogens (tertiary/aromatic N) is 2. The van der Waals surface area contributed by atoms with E-state index >= 15 is 4.39 Å². The van der Waals surface area contributed by atoms with E-state index in [2.05, 4.69) is 28.9 Å². The van der Waals surface area contributed by atoms with Gasteiger partial charge in [0, 0.05) is 22.8 Å². The van der Waals surface area contributed by atoms with E-state index in [0.29, 0.717) is 5.39 Å². The molecule has 0 radical (unpaired) electrons. The van der Waals surface area contributed by atoms with Crippen molar-refractivity contribution in [2.75, 3.05) is 0 Å². The van der Waals surface area contributed by atoms with Crippen LogP contribution in [0.25, 0.3) is 49.2 Å². The zero-order valence-corrected chi connectivity index (χ0v) is 16.3. The summed E-state index contributed by atoms with van der Waals surface area (Å²) in [6, 6.07) is 11.8. The van der Waals surface area contributed by atoms with E-state index in [1.807, 2.05) is 44.4 Å². The second-order valence-electron chi connectivity index (χ2n) is 8.11. The second-order valence-corrected chi connectivity index (χ2v) is 8.11. The van der Waals surface area contributed by atoms with Gasteiger partial charge in [0.1, 0.15) is 35.1 Å². The van der Waals surface area contributed by atoms with Gasteiger partial charge in [0.15, 0.2) is 6.20 Å². The summed E-state index contributed by atoms with van der Waals surface area (Å²) in [5, 5.41) is 3.83. The number of pyridine rings is 2. The number of hydrogen-bond acceptors (Lipinski definition) is 1. The Morgan fingerprint density at radius 2 is 1.82 bits per heavy atom. The van der Waals surface area contributed by atoms with Crippen LogP contribution in [0.5, 0.6) is 0 Å². The van der Waals surface area contributed by atoms with Gasteiger partial charge in [-0.2, -0.15) is 0 Å². The summed E-state index contributed by atoms with van der Waals surface area (Å²) in [6.07, 6.45) is 2.03. The highest BCUT2D eigenvalue weighted by Gasteiger charge is 2.29. The number of hydrogen-bond donors (Lipinski definition) is 0. The van der Waals surface area contributed by atoms with Crippen LogP contribution in [0.2, 0.25) is 0 Å². The Hall–Kier alpha value is -3.14. The first-order chi connectivity index (χ1) is 13.5. The third kappa shape index (κ3) is 1.67. The minimum atomic E-state index is -0.168. The molecule has 0 atom stereocenters. The molecule has 0 bridgehead atoms. The van der Waals surface area contributed by atoms with Gasteiger partial charge in [0.2, 0.25) is 5.52 Å². The Balaban J connectivity index is 2.15. The molecule has 0 saturated carbocycles. The zero-order valence-electron chi connectivity index (χ0n) is 16.3. The molecule has 0 fully saturated rings. The summed E-state index contributed by atoms with van der Waals surface area (Å²) in [4.78, 5) is 0. The molecule has 0 aliphatic heterocycles. The van der Waals surface area contributed by atoms with Gasteiger partial charge in [-0.1, -0.05) is 32.0 Å². The van der Waals surface area contributed by atoms with Crippen molar-refractivity contribution in [3.05, 3.63) is 59.7 Å². The van der Waals surface area contributed by atoms with Crippen molar-refractivity contribution in [3.63, 3.8) is 0 Å². The summed E-state index contributed by atoms with van der Waals surface area (Å²) in [6.45, 7) is 6.28. The van der Waals surface area contributed by atoms with E-state index in [-0.39, 0.29) is 11.7 Å². The van der Waals surface area contributed by atoms with Gasteiger partial charge < -0.3 is 8.82 Å². The largest absolute Gasteiger partial charge is 0.458 e. The summed E-state index contributed by atoms with van der Waals surface area (Å²) in [5.41, 5.74) is 5.94. The lowest BCUT2D eigenvalue weighted by Crippen LogP contribution is -2.28. The summed E-state index contributed by atoms with van der Waals surface area (Å²) in [5.74, 6) is 0.990. The number of furan rings is 1. The van der Waals surface area contributed by atoms with Crippen LogP contribution in [-0.4, -0.2) is 4.40 Å². The molecular formula is C24H20FN2O+.